The van der Waals surface area contributed by atoms with E-state index < -0.39 is 0 Å². The number of pyridine rings is 1. The normalized spacial score (nSPS) is 10.9. The maximum absolute atomic E-state index is 5.99. The van der Waals surface area contributed by atoms with Crippen molar-refractivity contribution in [3.63, 3.8) is 0 Å². The quantitative estimate of drug-likeness (QED) is 0.862. The fraction of sp³-hybridized carbons (Fsp3) is 0.417. The van der Waals surface area contributed by atoms with Crippen molar-refractivity contribution in [3.05, 3.63) is 23.4 Å². The number of ether oxygens (including phenoxy) is 1. The van der Waals surface area contributed by atoms with Crippen LogP contribution in [0.3, 0.4) is 0 Å². The fourth-order valence-electron chi connectivity index (χ4n) is 1.64. The molecule has 0 aliphatic rings. The Morgan fingerprint density at radius 1 is 1.38 bits per heavy atom. The number of nitrogen functional groups attached to an aromatic ring is 1. The third-order valence-electron chi connectivity index (χ3n) is 2.75. The summed E-state index contributed by atoms with van der Waals surface area (Å²) < 4.78 is 7.35. The molecule has 86 valence electrons. The van der Waals surface area contributed by atoms with Gasteiger partial charge in [0.15, 0.2) is 0 Å². The van der Waals surface area contributed by atoms with Crippen LogP contribution < -0.4 is 10.5 Å². The average Bonchev–Trinajstić information content (AvgIpc) is 2.59. The number of fused-ring (bicyclic) bond motifs is 1. The molecule has 0 aliphatic heterocycles. The highest BCUT2D eigenvalue weighted by molar-refractivity contribution is 5.75. The maximum Gasteiger partial charge on any atom is 0.257 e. The Morgan fingerprint density at radius 3 is 2.81 bits per heavy atom. The average molecular weight is 219 g/mol. The Labute approximate surface area is 95.0 Å². The van der Waals surface area contributed by atoms with Crippen LogP contribution in [0.15, 0.2) is 12.1 Å². The highest BCUT2D eigenvalue weighted by Crippen LogP contribution is 2.27. The van der Waals surface area contributed by atoms with Crippen molar-refractivity contribution in [1.82, 2.24) is 9.61 Å². The molecular weight excluding hydrogens is 202 g/mol. The second-order valence-electron chi connectivity index (χ2n) is 3.97. The largest absolute Gasteiger partial charge is 0.475 e. The van der Waals surface area contributed by atoms with Crippen LogP contribution in [0.4, 0.5) is 5.69 Å². The third kappa shape index (κ3) is 1.60. The van der Waals surface area contributed by atoms with Gasteiger partial charge in [0.25, 0.3) is 5.88 Å². The molecular formula is C12H17N3O. The Hall–Kier alpha value is -1.71. The van der Waals surface area contributed by atoms with Gasteiger partial charge < -0.3 is 10.5 Å². The van der Waals surface area contributed by atoms with E-state index in [4.69, 9.17) is 10.5 Å². The SMILES string of the molecule is CCCOc1nn2c(C)c(C)ccc2c1N. The first-order valence-corrected chi connectivity index (χ1v) is 5.52. The van der Waals surface area contributed by atoms with Gasteiger partial charge in [0, 0.05) is 5.69 Å². The van der Waals surface area contributed by atoms with E-state index in [-0.39, 0.29) is 0 Å². The van der Waals surface area contributed by atoms with Gasteiger partial charge in [0.05, 0.1) is 12.1 Å². The number of aromatic nitrogens is 2. The van der Waals surface area contributed by atoms with Crippen LogP contribution >= 0.6 is 0 Å². The lowest BCUT2D eigenvalue weighted by atomic mass is 10.2. The molecule has 2 N–H and O–H groups in total. The van der Waals surface area contributed by atoms with E-state index in [9.17, 15) is 0 Å². The second kappa shape index (κ2) is 4.04. The van der Waals surface area contributed by atoms with Gasteiger partial charge in [-0.05, 0) is 31.9 Å². The molecule has 4 nitrogen and oxygen atoms in total. The van der Waals surface area contributed by atoms with Gasteiger partial charge in [-0.15, -0.1) is 5.10 Å². The van der Waals surface area contributed by atoms with Crippen molar-refractivity contribution in [2.45, 2.75) is 27.2 Å². The van der Waals surface area contributed by atoms with Crippen LogP contribution in [0, 0.1) is 13.8 Å². The molecule has 0 amide bonds. The first-order valence-electron chi connectivity index (χ1n) is 5.52. The number of rotatable bonds is 3. The van der Waals surface area contributed by atoms with E-state index >= 15 is 0 Å². The highest BCUT2D eigenvalue weighted by Gasteiger charge is 2.12. The Bertz CT molecular complexity index is 516. The summed E-state index contributed by atoms with van der Waals surface area (Å²) in [7, 11) is 0. The van der Waals surface area contributed by atoms with Gasteiger partial charge in [-0.1, -0.05) is 13.0 Å². The third-order valence-corrected chi connectivity index (χ3v) is 2.75. The van der Waals surface area contributed by atoms with Crippen LogP contribution in [-0.2, 0) is 0 Å². The van der Waals surface area contributed by atoms with Gasteiger partial charge in [0.2, 0.25) is 0 Å². The van der Waals surface area contributed by atoms with E-state index in [0.717, 1.165) is 17.6 Å². The molecule has 0 fully saturated rings. The molecule has 0 radical (unpaired) electrons. The minimum atomic E-state index is 0.538. The fourth-order valence-corrected chi connectivity index (χ4v) is 1.64. The van der Waals surface area contributed by atoms with E-state index in [1.165, 1.54) is 5.56 Å². The summed E-state index contributed by atoms with van der Waals surface area (Å²) in [5, 5.41) is 4.38. The molecule has 0 saturated heterocycles. The predicted octanol–water partition coefficient (Wildman–Crippen LogP) is 2.32. The van der Waals surface area contributed by atoms with Crippen molar-refractivity contribution in [2.24, 2.45) is 0 Å². The summed E-state index contributed by atoms with van der Waals surface area (Å²) in [5.41, 5.74) is 9.81. The molecule has 0 aliphatic carbocycles. The van der Waals surface area contributed by atoms with Crippen LogP contribution in [0.1, 0.15) is 24.6 Å². The first kappa shape index (κ1) is 10.8. The lowest BCUT2D eigenvalue weighted by molar-refractivity contribution is 0.305. The van der Waals surface area contributed by atoms with E-state index in [1.807, 2.05) is 23.6 Å². The topological polar surface area (TPSA) is 52.5 Å². The summed E-state index contributed by atoms with van der Waals surface area (Å²) in [6.45, 7) is 6.78. The lowest BCUT2D eigenvalue weighted by Gasteiger charge is -2.01. The van der Waals surface area contributed by atoms with Gasteiger partial charge in [-0.3, -0.25) is 0 Å². The van der Waals surface area contributed by atoms with Crippen LogP contribution in [0.5, 0.6) is 5.88 Å². The van der Waals surface area contributed by atoms with Gasteiger partial charge in [-0.25, -0.2) is 4.52 Å². The van der Waals surface area contributed by atoms with Crippen LogP contribution in [-0.4, -0.2) is 16.2 Å². The zero-order valence-corrected chi connectivity index (χ0v) is 9.95. The van der Waals surface area contributed by atoms with E-state index in [2.05, 4.69) is 18.9 Å². The number of aryl methyl sites for hydroxylation is 2. The second-order valence-corrected chi connectivity index (χ2v) is 3.97. The van der Waals surface area contributed by atoms with Crippen molar-refractivity contribution >= 4 is 11.2 Å². The summed E-state index contributed by atoms with van der Waals surface area (Å²) in [6, 6.07) is 4.02. The van der Waals surface area contributed by atoms with Crippen molar-refractivity contribution in [1.29, 1.82) is 0 Å². The summed E-state index contributed by atoms with van der Waals surface area (Å²) in [4.78, 5) is 0. The Morgan fingerprint density at radius 2 is 2.12 bits per heavy atom. The summed E-state index contributed by atoms with van der Waals surface area (Å²) in [6.07, 6.45) is 0.950. The van der Waals surface area contributed by atoms with Crippen molar-refractivity contribution in [3.8, 4) is 5.88 Å². The van der Waals surface area contributed by atoms with Crippen molar-refractivity contribution < 1.29 is 4.74 Å². The zero-order valence-electron chi connectivity index (χ0n) is 9.95. The molecule has 0 spiro atoms. The highest BCUT2D eigenvalue weighted by atomic mass is 16.5. The minimum Gasteiger partial charge on any atom is -0.475 e. The molecule has 2 heterocycles. The summed E-state index contributed by atoms with van der Waals surface area (Å²) in [5.74, 6) is 0.538. The van der Waals surface area contributed by atoms with Crippen LogP contribution in [0.25, 0.3) is 5.52 Å². The summed E-state index contributed by atoms with van der Waals surface area (Å²) >= 11 is 0. The van der Waals surface area contributed by atoms with E-state index in [1.54, 1.807) is 0 Å². The number of nitrogens with two attached hydrogens (primary N) is 1. The number of hydrogen-bond acceptors (Lipinski definition) is 3. The molecule has 0 atom stereocenters. The first-order chi connectivity index (χ1) is 7.65. The predicted molar refractivity (Wildman–Crippen MR) is 64.9 cm³/mol. The lowest BCUT2D eigenvalue weighted by Crippen LogP contribution is -1.98. The molecule has 2 rings (SSSR count). The van der Waals surface area contributed by atoms with Gasteiger partial charge >= 0.3 is 0 Å². The standard InChI is InChI=1S/C12H17N3O/c1-4-7-16-12-11(13)10-6-5-8(2)9(3)15(10)14-12/h5-6H,4,7,13H2,1-3H3. The molecule has 4 heteroatoms. The van der Waals surface area contributed by atoms with Crippen LogP contribution in [0.2, 0.25) is 0 Å². The Balaban J connectivity index is 2.54. The molecule has 0 bridgehead atoms. The number of anilines is 1. The van der Waals surface area contributed by atoms with Gasteiger partial charge in [-0.2, -0.15) is 0 Å². The molecule has 0 aromatic carbocycles. The Kier molecular flexibility index (Phi) is 2.73. The monoisotopic (exact) mass is 219 g/mol. The maximum atomic E-state index is 5.99. The van der Waals surface area contributed by atoms with Crippen molar-refractivity contribution in [2.75, 3.05) is 12.3 Å². The molecule has 16 heavy (non-hydrogen) atoms. The number of nitrogens with zero attached hydrogens (tertiary/aromatic N) is 2. The smallest absolute Gasteiger partial charge is 0.257 e. The minimum absolute atomic E-state index is 0.538. The molecule has 2 aromatic heterocycles. The zero-order chi connectivity index (χ0) is 11.7. The van der Waals surface area contributed by atoms with E-state index in [0.29, 0.717) is 18.2 Å². The molecule has 2 aromatic rings. The molecule has 0 unspecified atom stereocenters. The van der Waals surface area contributed by atoms with Gasteiger partial charge in [0.1, 0.15) is 5.69 Å². The molecule has 0 saturated carbocycles. The number of hydrogen-bond donors (Lipinski definition) is 1.